The standard InChI is InChI=1S/C6H10OS2.C5H11N/c8-6-7-4-2-1-3-5-9-6;1-2-4-6-5-3-1/h1-5H2;6H,1-5H2. The van der Waals surface area contributed by atoms with E-state index >= 15 is 0 Å². The lowest BCUT2D eigenvalue weighted by Gasteiger charge is -2.09. The molecule has 0 atom stereocenters. The van der Waals surface area contributed by atoms with E-state index in [0.29, 0.717) is 0 Å². The maximum atomic E-state index is 5.18. The van der Waals surface area contributed by atoms with Crippen LogP contribution >= 0.6 is 24.0 Å². The van der Waals surface area contributed by atoms with Crippen LogP contribution in [0.4, 0.5) is 0 Å². The predicted octanol–water partition coefficient (Wildman–Crippen LogP) is 2.96. The van der Waals surface area contributed by atoms with Crippen molar-refractivity contribution < 1.29 is 4.74 Å². The normalized spacial score (nSPS) is 22.8. The zero-order chi connectivity index (χ0) is 10.8. The SMILES string of the molecule is C1CCNCC1.S=C1OCCCCCS1. The number of thioether (sulfide) groups is 1. The Labute approximate surface area is 103 Å². The number of hydrogen-bond acceptors (Lipinski definition) is 4. The molecule has 0 saturated carbocycles. The molecule has 0 amide bonds. The Bertz CT molecular complexity index is 150. The summed E-state index contributed by atoms with van der Waals surface area (Å²) in [6, 6.07) is 0. The topological polar surface area (TPSA) is 21.3 Å². The summed E-state index contributed by atoms with van der Waals surface area (Å²) in [5, 5.41) is 3.28. The lowest BCUT2D eigenvalue weighted by molar-refractivity contribution is 0.308. The lowest BCUT2D eigenvalue weighted by atomic mass is 10.2. The predicted molar refractivity (Wildman–Crippen MR) is 71.6 cm³/mol. The van der Waals surface area contributed by atoms with Crippen molar-refractivity contribution in [3.63, 3.8) is 0 Å². The van der Waals surface area contributed by atoms with Crippen molar-refractivity contribution in [1.82, 2.24) is 5.32 Å². The second-order valence-electron chi connectivity index (χ2n) is 3.82. The molecule has 0 bridgehead atoms. The van der Waals surface area contributed by atoms with Gasteiger partial charge in [0.1, 0.15) is 0 Å². The maximum Gasteiger partial charge on any atom is 0.219 e. The molecule has 4 heteroatoms. The van der Waals surface area contributed by atoms with Gasteiger partial charge in [0.2, 0.25) is 4.38 Å². The summed E-state index contributed by atoms with van der Waals surface area (Å²) < 4.78 is 5.91. The van der Waals surface area contributed by atoms with Crippen LogP contribution in [-0.4, -0.2) is 29.8 Å². The molecule has 0 spiro atoms. The van der Waals surface area contributed by atoms with Gasteiger partial charge in [-0.1, -0.05) is 18.2 Å². The van der Waals surface area contributed by atoms with E-state index in [4.69, 9.17) is 17.0 Å². The molecular formula is C11H21NOS2. The molecule has 2 aliphatic heterocycles. The van der Waals surface area contributed by atoms with Crippen molar-refractivity contribution in [2.75, 3.05) is 25.4 Å². The van der Waals surface area contributed by atoms with Gasteiger partial charge in [0.15, 0.2) is 0 Å². The van der Waals surface area contributed by atoms with Crippen molar-refractivity contribution in [2.24, 2.45) is 0 Å². The van der Waals surface area contributed by atoms with Crippen LogP contribution in [0, 0.1) is 0 Å². The summed E-state index contributed by atoms with van der Waals surface area (Å²) in [5.41, 5.74) is 0. The molecule has 0 unspecified atom stereocenters. The van der Waals surface area contributed by atoms with Crippen molar-refractivity contribution >= 4 is 28.4 Å². The zero-order valence-corrected chi connectivity index (χ0v) is 10.9. The minimum Gasteiger partial charge on any atom is -0.479 e. The third-order valence-electron chi connectivity index (χ3n) is 2.44. The summed E-state index contributed by atoms with van der Waals surface area (Å²) in [5.74, 6) is 1.14. The van der Waals surface area contributed by atoms with Gasteiger partial charge < -0.3 is 10.1 Å². The number of hydrogen-bond donors (Lipinski definition) is 1. The Morgan fingerprint density at radius 1 is 1.00 bits per heavy atom. The molecule has 88 valence electrons. The van der Waals surface area contributed by atoms with Crippen LogP contribution in [0.25, 0.3) is 0 Å². The third kappa shape index (κ3) is 8.05. The quantitative estimate of drug-likeness (QED) is 0.664. The first kappa shape index (κ1) is 13.3. The largest absolute Gasteiger partial charge is 0.479 e. The van der Waals surface area contributed by atoms with Gasteiger partial charge >= 0.3 is 0 Å². The molecule has 2 fully saturated rings. The second kappa shape index (κ2) is 9.43. The van der Waals surface area contributed by atoms with Crippen molar-refractivity contribution in [3.05, 3.63) is 0 Å². The van der Waals surface area contributed by atoms with E-state index in [1.807, 2.05) is 0 Å². The molecule has 2 nitrogen and oxygen atoms in total. The van der Waals surface area contributed by atoms with Crippen LogP contribution < -0.4 is 5.32 Å². The number of thiocarbonyl (C=S) groups is 1. The first-order valence-electron chi connectivity index (χ1n) is 5.90. The maximum absolute atomic E-state index is 5.18. The fourth-order valence-electron chi connectivity index (χ4n) is 1.54. The van der Waals surface area contributed by atoms with E-state index in [-0.39, 0.29) is 0 Å². The highest BCUT2D eigenvalue weighted by atomic mass is 32.2. The van der Waals surface area contributed by atoms with E-state index in [2.05, 4.69) is 5.32 Å². The highest BCUT2D eigenvalue weighted by Gasteiger charge is 2.02. The fourth-order valence-corrected chi connectivity index (χ4v) is 2.55. The van der Waals surface area contributed by atoms with Crippen LogP contribution in [0.3, 0.4) is 0 Å². The third-order valence-corrected chi connectivity index (χ3v) is 3.75. The average molecular weight is 247 g/mol. The molecule has 0 aromatic heterocycles. The van der Waals surface area contributed by atoms with Gasteiger partial charge in [-0.15, -0.1) is 0 Å². The summed E-state index contributed by atoms with van der Waals surface area (Å²) in [4.78, 5) is 0. The Morgan fingerprint density at radius 2 is 1.73 bits per heavy atom. The molecular weight excluding hydrogens is 226 g/mol. The van der Waals surface area contributed by atoms with Gasteiger partial charge in [0.05, 0.1) is 6.61 Å². The number of rotatable bonds is 0. The molecule has 0 aromatic carbocycles. The smallest absolute Gasteiger partial charge is 0.219 e. The molecule has 0 radical (unpaired) electrons. The summed E-state index contributed by atoms with van der Waals surface area (Å²) >= 11 is 6.55. The molecule has 2 heterocycles. The van der Waals surface area contributed by atoms with E-state index in [1.165, 1.54) is 51.6 Å². The fraction of sp³-hybridized carbons (Fsp3) is 0.909. The highest BCUT2D eigenvalue weighted by molar-refractivity contribution is 8.22. The summed E-state index contributed by atoms with van der Waals surface area (Å²) in [6.07, 6.45) is 7.96. The van der Waals surface area contributed by atoms with Crippen molar-refractivity contribution in [3.8, 4) is 0 Å². The van der Waals surface area contributed by atoms with Gasteiger partial charge in [0, 0.05) is 5.75 Å². The van der Waals surface area contributed by atoms with Crippen molar-refractivity contribution in [2.45, 2.75) is 38.5 Å². The van der Waals surface area contributed by atoms with Crippen LogP contribution in [-0.2, 0) is 4.74 Å². The highest BCUT2D eigenvalue weighted by Crippen LogP contribution is 2.13. The monoisotopic (exact) mass is 247 g/mol. The van der Waals surface area contributed by atoms with Gasteiger partial charge in [0.25, 0.3) is 0 Å². The lowest BCUT2D eigenvalue weighted by Crippen LogP contribution is -2.21. The first-order chi connectivity index (χ1) is 7.39. The molecule has 0 aromatic rings. The Kier molecular flexibility index (Phi) is 8.34. The summed E-state index contributed by atoms with van der Waals surface area (Å²) in [7, 11) is 0. The number of piperidine rings is 1. The molecule has 0 aliphatic carbocycles. The Balaban J connectivity index is 0.000000162. The zero-order valence-electron chi connectivity index (χ0n) is 9.30. The van der Waals surface area contributed by atoms with Gasteiger partial charge in [-0.05, 0) is 57.4 Å². The Morgan fingerprint density at radius 3 is 2.33 bits per heavy atom. The van der Waals surface area contributed by atoms with Gasteiger partial charge in [-0.25, -0.2) is 0 Å². The molecule has 15 heavy (non-hydrogen) atoms. The minimum absolute atomic E-state index is 0.731. The van der Waals surface area contributed by atoms with E-state index in [0.717, 1.165) is 16.7 Å². The first-order valence-corrected chi connectivity index (χ1v) is 7.29. The van der Waals surface area contributed by atoms with Gasteiger partial charge in [-0.3, -0.25) is 0 Å². The molecule has 2 saturated heterocycles. The van der Waals surface area contributed by atoms with Crippen LogP contribution in [0.15, 0.2) is 0 Å². The molecule has 2 aliphatic rings. The number of ether oxygens (including phenoxy) is 1. The van der Waals surface area contributed by atoms with E-state index < -0.39 is 0 Å². The van der Waals surface area contributed by atoms with Crippen molar-refractivity contribution in [1.29, 1.82) is 0 Å². The van der Waals surface area contributed by atoms with Crippen LogP contribution in [0.5, 0.6) is 0 Å². The van der Waals surface area contributed by atoms with Gasteiger partial charge in [-0.2, -0.15) is 0 Å². The minimum atomic E-state index is 0.731. The van der Waals surface area contributed by atoms with Crippen LogP contribution in [0.1, 0.15) is 38.5 Å². The second-order valence-corrected chi connectivity index (χ2v) is 5.52. The van der Waals surface area contributed by atoms with E-state index in [1.54, 1.807) is 11.8 Å². The molecule has 1 N–H and O–H groups in total. The van der Waals surface area contributed by atoms with E-state index in [9.17, 15) is 0 Å². The Hall–Kier alpha value is 0.200. The average Bonchev–Trinajstić information content (AvgIpc) is 2.27. The number of nitrogens with one attached hydrogen (secondary N) is 1. The van der Waals surface area contributed by atoms with Crippen LogP contribution in [0.2, 0.25) is 0 Å². The summed E-state index contributed by atoms with van der Waals surface area (Å²) in [6.45, 7) is 3.33. The molecule has 2 rings (SSSR count).